The van der Waals surface area contributed by atoms with Gasteiger partial charge < -0.3 is 12.3 Å². The number of hydrogen-bond donors (Lipinski definition) is 0. The van der Waals surface area contributed by atoms with Crippen LogP contribution in [0.15, 0.2) is 140 Å². The van der Waals surface area contributed by atoms with Crippen LogP contribution in [0.1, 0.15) is 74.9 Å². The largest absolute Gasteiger partial charge is 0.358 e. The number of hydrogen-bond acceptors (Lipinski definition) is 1. The summed E-state index contributed by atoms with van der Waals surface area (Å²) in [5.74, 6) is 0. The third kappa shape index (κ3) is 4.21. The molecule has 0 heterocycles. The van der Waals surface area contributed by atoms with E-state index in [0.29, 0.717) is 0 Å². The fourth-order valence-electron chi connectivity index (χ4n) is 9.66. The van der Waals surface area contributed by atoms with Crippen LogP contribution in [0.4, 0.5) is 17.1 Å². The molecule has 0 unspecified atom stereocenters. The van der Waals surface area contributed by atoms with Gasteiger partial charge in [0.25, 0.3) is 0 Å². The van der Waals surface area contributed by atoms with Crippen molar-refractivity contribution in [2.45, 2.75) is 57.8 Å². The Bertz CT molecular complexity index is 2470. The molecule has 0 aliphatic heterocycles. The normalized spacial score (nSPS) is 16.0. The van der Waals surface area contributed by atoms with E-state index in [0.717, 1.165) is 0 Å². The van der Waals surface area contributed by atoms with E-state index >= 15 is 0 Å². The van der Waals surface area contributed by atoms with Crippen molar-refractivity contribution in [2.24, 2.45) is 0 Å². The van der Waals surface area contributed by atoms with Crippen LogP contribution in [-0.2, 0) is 16.2 Å². The Morgan fingerprint density at radius 1 is 0.314 bits per heavy atom. The molecule has 0 saturated carbocycles. The lowest BCUT2D eigenvalue weighted by Gasteiger charge is -2.31. The van der Waals surface area contributed by atoms with Crippen LogP contribution in [0.2, 0.25) is 0 Å². The molecule has 1 heteroatoms. The number of anilines is 3. The first kappa shape index (κ1) is 31.6. The van der Waals surface area contributed by atoms with Crippen molar-refractivity contribution in [3.63, 3.8) is 0 Å². The quantitative estimate of drug-likeness (QED) is 0.171. The molecule has 7 aromatic rings. The minimum absolute atomic E-state index is 0. The number of nitrogens with zero attached hydrogens (tertiary/aromatic N) is 1. The molecule has 0 fully saturated rings. The molecule has 0 saturated heterocycles. The molecule has 250 valence electrons. The van der Waals surface area contributed by atoms with Crippen molar-refractivity contribution in [3.05, 3.63) is 180 Å². The molecule has 0 radical (unpaired) electrons. The highest BCUT2D eigenvalue weighted by Crippen LogP contribution is 2.55. The van der Waals surface area contributed by atoms with Gasteiger partial charge in [-0.1, -0.05) is 133 Å². The third-order valence-electron chi connectivity index (χ3n) is 12.4. The Morgan fingerprint density at radius 3 is 1.12 bits per heavy atom. The zero-order valence-electron chi connectivity index (χ0n) is 30.7. The van der Waals surface area contributed by atoms with Crippen molar-refractivity contribution >= 4 is 27.8 Å². The van der Waals surface area contributed by atoms with Gasteiger partial charge in [0.1, 0.15) is 0 Å². The van der Waals surface area contributed by atoms with Crippen LogP contribution < -0.4 is 4.90 Å². The zero-order valence-corrected chi connectivity index (χ0v) is 30.7. The van der Waals surface area contributed by atoms with E-state index in [9.17, 15) is 0 Å². The maximum absolute atomic E-state index is 2.51. The van der Waals surface area contributed by atoms with E-state index in [-0.39, 0.29) is 23.7 Å². The van der Waals surface area contributed by atoms with Crippen molar-refractivity contribution < 1.29 is 0 Å². The van der Waals surface area contributed by atoms with Crippen LogP contribution >= 0.6 is 0 Å². The topological polar surface area (TPSA) is 3.24 Å². The minimum atomic E-state index is -0.125. The van der Waals surface area contributed by atoms with Crippen LogP contribution in [0.25, 0.3) is 44.2 Å². The van der Waals surface area contributed by atoms with Crippen LogP contribution in [-0.4, -0.2) is 0 Å². The van der Waals surface area contributed by atoms with Gasteiger partial charge in [0.05, 0.1) is 0 Å². The molecule has 0 N–H and O–H groups in total. The molecule has 10 rings (SSSR count). The van der Waals surface area contributed by atoms with Crippen LogP contribution in [0.5, 0.6) is 0 Å². The van der Waals surface area contributed by atoms with Gasteiger partial charge in [-0.25, -0.2) is 0 Å². The minimum Gasteiger partial charge on any atom is -0.358 e. The van der Waals surface area contributed by atoms with E-state index in [1.54, 1.807) is 0 Å². The summed E-state index contributed by atoms with van der Waals surface area (Å²) in [4.78, 5) is 2.51. The smallest absolute Gasteiger partial charge is 0.0465 e. The third-order valence-corrected chi connectivity index (χ3v) is 12.4. The van der Waals surface area contributed by atoms with Gasteiger partial charge in [0, 0.05) is 33.3 Å². The summed E-state index contributed by atoms with van der Waals surface area (Å²) in [6.07, 6.45) is 0. The van der Waals surface area contributed by atoms with E-state index in [1.165, 1.54) is 94.6 Å². The number of benzene rings is 7. The lowest BCUT2D eigenvalue weighted by molar-refractivity contribution is 0.659. The first-order chi connectivity index (χ1) is 24.0. The average Bonchev–Trinajstić information content (AvgIpc) is 3.60. The van der Waals surface area contributed by atoms with E-state index in [1.807, 2.05) is 0 Å². The predicted octanol–water partition coefficient (Wildman–Crippen LogP) is 13.7. The summed E-state index contributed by atoms with van der Waals surface area (Å²) in [5, 5.41) is 2.60. The zero-order chi connectivity index (χ0) is 34.2. The maximum Gasteiger partial charge on any atom is 0.0465 e. The first-order valence-electron chi connectivity index (χ1n) is 18.0. The summed E-state index contributed by atoms with van der Waals surface area (Å²) in [6, 6.07) is 52.9. The molecule has 3 aliphatic rings. The number of rotatable bonds is 3. The Morgan fingerprint density at radius 2 is 0.647 bits per heavy atom. The Balaban J connectivity index is 0.00000348. The van der Waals surface area contributed by atoms with Crippen molar-refractivity contribution in [1.29, 1.82) is 0 Å². The number of fused-ring (bicyclic) bond motifs is 10. The molecular formula is C50H44N-. The molecule has 0 aromatic heterocycles. The fourth-order valence-corrected chi connectivity index (χ4v) is 9.66. The van der Waals surface area contributed by atoms with Gasteiger partial charge in [-0.15, -0.1) is 0 Å². The molecule has 0 amide bonds. The highest BCUT2D eigenvalue weighted by Gasteiger charge is 2.39. The summed E-state index contributed by atoms with van der Waals surface area (Å²) in [5.41, 5.74) is 19.7. The lowest BCUT2D eigenvalue weighted by Crippen LogP contribution is -2.19. The molecule has 0 atom stereocenters. The molecule has 3 aliphatic carbocycles. The van der Waals surface area contributed by atoms with Gasteiger partial charge in [-0.3, -0.25) is 0 Å². The van der Waals surface area contributed by atoms with Gasteiger partial charge in [-0.05, 0) is 126 Å². The highest BCUT2D eigenvalue weighted by atomic mass is 15.1. The molecule has 0 spiro atoms. The molecule has 7 aromatic carbocycles. The highest BCUT2D eigenvalue weighted by molar-refractivity contribution is 5.95. The second kappa shape index (κ2) is 10.6. The van der Waals surface area contributed by atoms with Crippen LogP contribution in [0, 0.1) is 7.43 Å². The standard InChI is InChI=1S/C49H41N.CH3/c1-47(2)41-17-11-9-15-35(41)37-22-19-32(27-44(37)47)50(33-20-23-38-36-16-10-12-18-42(36)48(3,4)45(38)28-33)34-21-24-39-40-25-30-13-7-8-14-31(30)26-43(40)49(5,6)46(39)29-34;/h7-29H,1-6H3;1H3/q;-1. The van der Waals surface area contributed by atoms with Crippen LogP contribution in [0.3, 0.4) is 0 Å². The molecule has 51 heavy (non-hydrogen) atoms. The van der Waals surface area contributed by atoms with Gasteiger partial charge in [0.2, 0.25) is 0 Å². The SMILES string of the molecule is CC1(C)c2ccccc2-c2ccc(N(c3ccc4c(c3)C(C)(C)c3ccccc3-4)c3ccc4c(c3)C(C)(C)c3cc5ccccc5cc3-4)cc21.[CH3-]. The first-order valence-corrected chi connectivity index (χ1v) is 18.0. The Labute approximate surface area is 303 Å². The van der Waals surface area contributed by atoms with E-state index in [4.69, 9.17) is 0 Å². The van der Waals surface area contributed by atoms with Gasteiger partial charge >= 0.3 is 0 Å². The van der Waals surface area contributed by atoms with Crippen molar-refractivity contribution in [1.82, 2.24) is 0 Å². The lowest BCUT2D eigenvalue weighted by atomic mass is 9.81. The molecular weight excluding hydrogens is 615 g/mol. The summed E-state index contributed by atoms with van der Waals surface area (Å²) in [6.45, 7) is 14.3. The fraction of sp³-hybridized carbons (Fsp3) is 0.180. The van der Waals surface area contributed by atoms with E-state index in [2.05, 4.69) is 186 Å². The summed E-state index contributed by atoms with van der Waals surface area (Å²) < 4.78 is 0. The Kier molecular flexibility index (Phi) is 6.54. The molecule has 0 bridgehead atoms. The van der Waals surface area contributed by atoms with Gasteiger partial charge in [0.15, 0.2) is 0 Å². The summed E-state index contributed by atoms with van der Waals surface area (Å²) >= 11 is 0. The van der Waals surface area contributed by atoms with E-state index < -0.39 is 0 Å². The second-order valence-corrected chi connectivity index (χ2v) is 16.2. The van der Waals surface area contributed by atoms with Crippen molar-refractivity contribution in [2.75, 3.05) is 4.90 Å². The maximum atomic E-state index is 2.51. The Hall–Kier alpha value is -5.40. The molecule has 1 nitrogen and oxygen atoms in total. The summed E-state index contributed by atoms with van der Waals surface area (Å²) in [7, 11) is 0. The monoisotopic (exact) mass is 658 g/mol. The van der Waals surface area contributed by atoms with Gasteiger partial charge in [-0.2, -0.15) is 0 Å². The average molecular weight is 659 g/mol. The van der Waals surface area contributed by atoms with Crippen molar-refractivity contribution in [3.8, 4) is 33.4 Å². The predicted molar refractivity (Wildman–Crippen MR) is 218 cm³/mol. The second-order valence-electron chi connectivity index (χ2n) is 16.2.